The summed E-state index contributed by atoms with van der Waals surface area (Å²) in [5.41, 5.74) is 0.802. The lowest BCUT2D eigenvalue weighted by Gasteiger charge is -2.16. The van der Waals surface area contributed by atoms with Gasteiger partial charge in [-0.25, -0.2) is 0 Å². The zero-order valence-electron chi connectivity index (χ0n) is 11.4. The highest BCUT2D eigenvalue weighted by Crippen LogP contribution is 2.56. The van der Waals surface area contributed by atoms with E-state index in [1.807, 2.05) is 12.1 Å². The van der Waals surface area contributed by atoms with Crippen LogP contribution in [0.4, 0.5) is 0 Å². The summed E-state index contributed by atoms with van der Waals surface area (Å²) in [6.45, 7) is 7.14. The van der Waals surface area contributed by atoms with Crippen molar-refractivity contribution in [3.05, 3.63) is 29.8 Å². The van der Waals surface area contributed by atoms with E-state index in [9.17, 15) is 10.4 Å². The van der Waals surface area contributed by atoms with Crippen molar-refractivity contribution in [2.24, 2.45) is 5.92 Å². The Labute approximate surface area is 110 Å². The first-order valence-electron chi connectivity index (χ1n) is 6.58. The number of hydrogen-bond acceptors (Lipinski definition) is 2. The van der Waals surface area contributed by atoms with Gasteiger partial charge in [0.05, 0.1) is 11.5 Å². The van der Waals surface area contributed by atoms with Gasteiger partial charge in [-0.05, 0) is 30.0 Å². The Morgan fingerprint density at radius 1 is 1.33 bits per heavy atom. The molecule has 0 aromatic heterocycles. The summed E-state index contributed by atoms with van der Waals surface area (Å²) in [4.78, 5) is 0. The van der Waals surface area contributed by atoms with Crippen LogP contribution in [0, 0.1) is 17.2 Å². The lowest BCUT2D eigenvalue weighted by molar-refractivity contribution is 0.475. The number of nitriles is 1. The second kappa shape index (κ2) is 4.44. The van der Waals surface area contributed by atoms with Crippen LogP contribution in [0.2, 0.25) is 25.7 Å². The summed E-state index contributed by atoms with van der Waals surface area (Å²) in [5, 5.41) is 18.8. The lowest BCUT2D eigenvalue weighted by atomic mass is 9.94. The molecule has 2 nitrogen and oxygen atoms in total. The average Bonchev–Trinajstić information content (AvgIpc) is 3.01. The molecule has 1 aromatic rings. The maximum atomic E-state index is 9.48. The Bertz CT molecular complexity index is 469. The van der Waals surface area contributed by atoms with Gasteiger partial charge >= 0.3 is 0 Å². The molecule has 1 saturated carbocycles. The van der Waals surface area contributed by atoms with Crippen molar-refractivity contribution in [3.63, 3.8) is 0 Å². The Hall–Kier alpha value is -1.27. The molecule has 0 unspecified atom stereocenters. The standard InChI is InChI=1S/C15H21NOSi/c1-18(2,3)9-8-13-10-15(13,11-16)12-4-6-14(17)7-5-12/h4-7,13,17H,8-10H2,1-3H3/t13-,15-/m0/s1. The smallest absolute Gasteiger partial charge is 0.115 e. The second-order valence-electron chi connectivity index (χ2n) is 6.63. The molecule has 1 N–H and O–H groups in total. The van der Waals surface area contributed by atoms with Crippen LogP contribution in [-0.4, -0.2) is 13.2 Å². The molecule has 0 heterocycles. The summed E-state index contributed by atoms with van der Waals surface area (Å²) in [5.74, 6) is 0.782. The monoisotopic (exact) mass is 259 g/mol. The van der Waals surface area contributed by atoms with Gasteiger partial charge in [-0.1, -0.05) is 44.2 Å². The molecule has 2 atom stereocenters. The number of rotatable bonds is 4. The minimum atomic E-state index is -1.01. The zero-order chi connectivity index (χ0) is 13.4. The molecular formula is C15H21NOSi. The van der Waals surface area contributed by atoms with E-state index in [0.717, 1.165) is 12.0 Å². The van der Waals surface area contributed by atoms with Gasteiger partial charge in [0, 0.05) is 8.07 Å². The van der Waals surface area contributed by atoms with Crippen molar-refractivity contribution in [1.82, 2.24) is 0 Å². The van der Waals surface area contributed by atoms with E-state index < -0.39 is 8.07 Å². The number of aromatic hydroxyl groups is 1. The van der Waals surface area contributed by atoms with Crippen molar-refractivity contribution >= 4 is 8.07 Å². The Kier molecular flexibility index (Phi) is 3.25. The summed E-state index contributed by atoms with van der Waals surface area (Å²) in [6.07, 6.45) is 2.16. The van der Waals surface area contributed by atoms with Crippen LogP contribution >= 0.6 is 0 Å². The molecule has 1 fully saturated rings. The molecule has 1 aromatic carbocycles. The minimum Gasteiger partial charge on any atom is -0.508 e. The molecule has 2 rings (SSSR count). The van der Waals surface area contributed by atoms with E-state index in [0.29, 0.717) is 5.92 Å². The molecule has 96 valence electrons. The zero-order valence-corrected chi connectivity index (χ0v) is 12.4. The normalized spacial score (nSPS) is 26.7. The molecule has 0 amide bonds. The number of phenols is 1. The van der Waals surface area contributed by atoms with Gasteiger partial charge in [0.15, 0.2) is 0 Å². The number of hydrogen-bond donors (Lipinski definition) is 1. The summed E-state index contributed by atoms with van der Waals surface area (Å²) in [6, 6.07) is 11.0. The predicted molar refractivity (Wildman–Crippen MR) is 76.3 cm³/mol. The number of benzene rings is 1. The van der Waals surface area contributed by atoms with Crippen LogP contribution in [0.3, 0.4) is 0 Å². The number of nitrogens with zero attached hydrogens (tertiary/aromatic N) is 1. The first kappa shape index (κ1) is 13.2. The highest BCUT2D eigenvalue weighted by atomic mass is 28.3. The topological polar surface area (TPSA) is 44.0 Å². The van der Waals surface area contributed by atoms with Gasteiger partial charge in [0.2, 0.25) is 0 Å². The third kappa shape index (κ3) is 2.59. The highest BCUT2D eigenvalue weighted by molar-refractivity contribution is 6.76. The fraction of sp³-hybridized carbons (Fsp3) is 0.533. The molecule has 1 aliphatic carbocycles. The van der Waals surface area contributed by atoms with Crippen LogP contribution in [0.15, 0.2) is 24.3 Å². The highest BCUT2D eigenvalue weighted by Gasteiger charge is 2.55. The third-order valence-corrected chi connectivity index (χ3v) is 5.72. The predicted octanol–water partition coefficient (Wildman–Crippen LogP) is 3.90. The van der Waals surface area contributed by atoms with Gasteiger partial charge in [-0.3, -0.25) is 0 Å². The van der Waals surface area contributed by atoms with E-state index in [1.165, 1.54) is 12.5 Å². The van der Waals surface area contributed by atoms with Crippen molar-refractivity contribution in [3.8, 4) is 11.8 Å². The average molecular weight is 259 g/mol. The largest absolute Gasteiger partial charge is 0.508 e. The fourth-order valence-electron chi connectivity index (χ4n) is 2.60. The molecular weight excluding hydrogens is 238 g/mol. The molecule has 18 heavy (non-hydrogen) atoms. The first-order chi connectivity index (χ1) is 8.37. The maximum absolute atomic E-state index is 9.48. The van der Waals surface area contributed by atoms with E-state index in [1.54, 1.807) is 12.1 Å². The summed E-state index contributed by atoms with van der Waals surface area (Å²) in [7, 11) is -1.01. The van der Waals surface area contributed by atoms with Crippen molar-refractivity contribution in [2.45, 2.75) is 43.9 Å². The van der Waals surface area contributed by atoms with Crippen LogP contribution in [0.5, 0.6) is 5.75 Å². The van der Waals surface area contributed by atoms with Gasteiger partial charge in [0.1, 0.15) is 5.75 Å². The van der Waals surface area contributed by atoms with Crippen molar-refractivity contribution in [1.29, 1.82) is 5.26 Å². The Balaban J connectivity index is 2.07. The quantitative estimate of drug-likeness (QED) is 0.833. The second-order valence-corrected chi connectivity index (χ2v) is 12.3. The molecule has 3 heteroatoms. The van der Waals surface area contributed by atoms with E-state index >= 15 is 0 Å². The van der Waals surface area contributed by atoms with Gasteiger partial charge in [-0.2, -0.15) is 5.26 Å². The Morgan fingerprint density at radius 2 is 1.94 bits per heavy atom. The van der Waals surface area contributed by atoms with Crippen LogP contribution in [-0.2, 0) is 5.41 Å². The van der Waals surface area contributed by atoms with Crippen molar-refractivity contribution in [2.75, 3.05) is 0 Å². The maximum Gasteiger partial charge on any atom is 0.115 e. The van der Waals surface area contributed by atoms with E-state index in [4.69, 9.17) is 0 Å². The van der Waals surface area contributed by atoms with E-state index in [2.05, 4.69) is 25.7 Å². The molecule has 0 saturated heterocycles. The minimum absolute atomic E-state index is 0.270. The Morgan fingerprint density at radius 3 is 2.44 bits per heavy atom. The van der Waals surface area contributed by atoms with Crippen LogP contribution in [0.25, 0.3) is 0 Å². The molecule has 0 spiro atoms. The van der Waals surface area contributed by atoms with Gasteiger partial charge in [-0.15, -0.1) is 0 Å². The molecule has 0 aliphatic heterocycles. The summed E-state index contributed by atoms with van der Waals surface area (Å²) >= 11 is 0. The number of phenolic OH excluding ortho intramolecular Hbond substituents is 1. The van der Waals surface area contributed by atoms with E-state index in [-0.39, 0.29) is 11.2 Å². The third-order valence-electron chi connectivity index (χ3n) is 3.93. The van der Waals surface area contributed by atoms with Gasteiger partial charge in [0.25, 0.3) is 0 Å². The van der Waals surface area contributed by atoms with Crippen LogP contribution < -0.4 is 0 Å². The van der Waals surface area contributed by atoms with Crippen LogP contribution in [0.1, 0.15) is 18.4 Å². The lowest BCUT2D eigenvalue weighted by Crippen LogP contribution is -2.20. The molecule has 0 bridgehead atoms. The molecule has 1 aliphatic rings. The first-order valence-corrected chi connectivity index (χ1v) is 10.3. The summed E-state index contributed by atoms with van der Waals surface area (Å²) < 4.78 is 0. The molecule has 0 radical (unpaired) electrons. The fourth-order valence-corrected chi connectivity index (χ4v) is 3.81. The SMILES string of the molecule is C[Si](C)(C)CC[C@H]1C[C@]1(C#N)c1ccc(O)cc1. The van der Waals surface area contributed by atoms with Crippen molar-refractivity contribution < 1.29 is 5.11 Å². The van der Waals surface area contributed by atoms with Gasteiger partial charge < -0.3 is 5.11 Å².